The standard InChI is InChI=1S/C21H25ClN2O2S/c1-14(20(26)24-17-7-5-6-15(22)12-17)27-18-10-8-16(9-11-18)23-19(25)13-21(2,3)4/h5-12,14H,13H2,1-4H3,(H,23,25)(H,24,26). The van der Waals surface area contributed by atoms with Gasteiger partial charge in [-0.25, -0.2) is 0 Å². The van der Waals surface area contributed by atoms with E-state index in [1.54, 1.807) is 24.3 Å². The second-order valence-electron chi connectivity index (χ2n) is 7.57. The quantitative estimate of drug-likeness (QED) is 0.595. The molecule has 2 rings (SSSR count). The minimum Gasteiger partial charge on any atom is -0.326 e. The molecule has 0 saturated heterocycles. The third-order valence-corrected chi connectivity index (χ3v) is 4.95. The minimum absolute atomic E-state index is 0.00262. The number of carbonyl (C=O) groups is 2. The largest absolute Gasteiger partial charge is 0.326 e. The van der Waals surface area contributed by atoms with Crippen molar-refractivity contribution in [1.82, 2.24) is 0 Å². The fourth-order valence-electron chi connectivity index (χ4n) is 2.37. The van der Waals surface area contributed by atoms with Gasteiger partial charge in [0.05, 0.1) is 5.25 Å². The van der Waals surface area contributed by atoms with E-state index >= 15 is 0 Å². The fraction of sp³-hybridized carbons (Fsp3) is 0.333. The first-order valence-electron chi connectivity index (χ1n) is 8.75. The summed E-state index contributed by atoms with van der Waals surface area (Å²) in [5, 5.41) is 6.07. The maximum Gasteiger partial charge on any atom is 0.237 e. The van der Waals surface area contributed by atoms with E-state index in [4.69, 9.17) is 11.6 Å². The van der Waals surface area contributed by atoms with Gasteiger partial charge in [0.25, 0.3) is 0 Å². The molecule has 0 aromatic heterocycles. The molecule has 0 radical (unpaired) electrons. The molecular formula is C21H25ClN2O2S. The molecule has 0 spiro atoms. The Balaban J connectivity index is 1.89. The number of nitrogens with one attached hydrogen (secondary N) is 2. The molecule has 1 unspecified atom stereocenters. The molecule has 0 heterocycles. The summed E-state index contributed by atoms with van der Waals surface area (Å²) in [6, 6.07) is 14.6. The van der Waals surface area contributed by atoms with Gasteiger partial charge in [-0.2, -0.15) is 0 Å². The van der Waals surface area contributed by atoms with Crippen molar-refractivity contribution in [2.24, 2.45) is 5.41 Å². The summed E-state index contributed by atoms with van der Waals surface area (Å²) < 4.78 is 0. The predicted molar refractivity (Wildman–Crippen MR) is 115 cm³/mol. The maximum atomic E-state index is 12.3. The summed E-state index contributed by atoms with van der Waals surface area (Å²) in [5.41, 5.74) is 1.38. The molecule has 2 amide bonds. The molecule has 2 N–H and O–H groups in total. The Morgan fingerprint density at radius 3 is 2.30 bits per heavy atom. The summed E-state index contributed by atoms with van der Waals surface area (Å²) in [6.07, 6.45) is 0.463. The normalized spacial score (nSPS) is 12.3. The second kappa shape index (κ2) is 9.29. The lowest BCUT2D eigenvalue weighted by atomic mass is 9.92. The van der Waals surface area contributed by atoms with Crippen molar-refractivity contribution in [3.63, 3.8) is 0 Å². The van der Waals surface area contributed by atoms with E-state index in [9.17, 15) is 9.59 Å². The molecule has 2 aromatic rings. The highest BCUT2D eigenvalue weighted by molar-refractivity contribution is 8.00. The van der Waals surface area contributed by atoms with E-state index in [1.807, 2.05) is 52.0 Å². The lowest BCUT2D eigenvalue weighted by molar-refractivity contribution is -0.118. The summed E-state index contributed by atoms with van der Waals surface area (Å²) in [5.74, 6) is -0.0954. The van der Waals surface area contributed by atoms with Crippen LogP contribution in [0.3, 0.4) is 0 Å². The minimum atomic E-state index is -0.273. The number of carbonyl (C=O) groups excluding carboxylic acids is 2. The lowest BCUT2D eigenvalue weighted by Gasteiger charge is -2.17. The predicted octanol–water partition coefficient (Wildman–Crippen LogP) is 5.83. The van der Waals surface area contributed by atoms with Crippen LogP contribution in [0.25, 0.3) is 0 Å². The highest BCUT2D eigenvalue weighted by atomic mass is 35.5. The fourth-order valence-corrected chi connectivity index (χ4v) is 3.43. The zero-order valence-electron chi connectivity index (χ0n) is 16.0. The van der Waals surface area contributed by atoms with Crippen molar-refractivity contribution in [3.05, 3.63) is 53.6 Å². The molecular weight excluding hydrogens is 380 g/mol. The van der Waals surface area contributed by atoms with Gasteiger partial charge in [-0.15, -0.1) is 11.8 Å². The second-order valence-corrected chi connectivity index (χ2v) is 9.42. The number of thioether (sulfide) groups is 1. The van der Waals surface area contributed by atoms with Crippen LogP contribution in [0.4, 0.5) is 11.4 Å². The molecule has 0 saturated carbocycles. The van der Waals surface area contributed by atoms with Gasteiger partial charge in [0.2, 0.25) is 11.8 Å². The smallest absolute Gasteiger partial charge is 0.237 e. The number of hydrogen-bond acceptors (Lipinski definition) is 3. The van der Waals surface area contributed by atoms with Crippen molar-refractivity contribution in [2.45, 2.75) is 44.3 Å². The van der Waals surface area contributed by atoms with Crippen molar-refractivity contribution < 1.29 is 9.59 Å². The molecule has 0 fully saturated rings. The highest BCUT2D eigenvalue weighted by Gasteiger charge is 2.17. The number of anilines is 2. The average Bonchev–Trinajstić information content (AvgIpc) is 2.55. The van der Waals surface area contributed by atoms with Crippen LogP contribution in [0.1, 0.15) is 34.1 Å². The summed E-state index contributed by atoms with van der Waals surface area (Å²) in [4.78, 5) is 25.3. The van der Waals surface area contributed by atoms with Gasteiger partial charge in [0.1, 0.15) is 0 Å². The molecule has 144 valence electrons. The van der Waals surface area contributed by atoms with E-state index in [1.165, 1.54) is 11.8 Å². The Hall–Kier alpha value is -1.98. The number of halogens is 1. The molecule has 1 atom stereocenters. The Bertz CT molecular complexity index is 801. The maximum absolute atomic E-state index is 12.3. The van der Waals surface area contributed by atoms with E-state index < -0.39 is 0 Å². The van der Waals surface area contributed by atoms with Crippen LogP contribution in [0.15, 0.2) is 53.4 Å². The SMILES string of the molecule is CC(Sc1ccc(NC(=O)CC(C)(C)C)cc1)C(=O)Nc1cccc(Cl)c1. The van der Waals surface area contributed by atoms with Crippen molar-refractivity contribution in [2.75, 3.05) is 10.6 Å². The number of amides is 2. The van der Waals surface area contributed by atoms with Gasteiger partial charge in [0, 0.05) is 27.7 Å². The topological polar surface area (TPSA) is 58.2 Å². The summed E-state index contributed by atoms with van der Waals surface area (Å²) in [7, 11) is 0. The van der Waals surface area contributed by atoms with Crippen LogP contribution >= 0.6 is 23.4 Å². The monoisotopic (exact) mass is 404 g/mol. The highest BCUT2D eigenvalue weighted by Crippen LogP contribution is 2.26. The average molecular weight is 405 g/mol. The zero-order chi connectivity index (χ0) is 20.0. The Morgan fingerprint density at radius 1 is 1.04 bits per heavy atom. The number of rotatable bonds is 6. The first kappa shape index (κ1) is 21.3. The van der Waals surface area contributed by atoms with Crippen LogP contribution in [-0.2, 0) is 9.59 Å². The molecule has 6 heteroatoms. The summed E-state index contributed by atoms with van der Waals surface area (Å²) >= 11 is 7.39. The van der Waals surface area contributed by atoms with Crippen LogP contribution in [0, 0.1) is 5.41 Å². The van der Waals surface area contributed by atoms with Crippen LogP contribution in [0.5, 0.6) is 0 Å². The van der Waals surface area contributed by atoms with Gasteiger partial charge in [-0.05, 0) is 54.8 Å². The Labute approximate surface area is 170 Å². The molecule has 0 aliphatic carbocycles. The van der Waals surface area contributed by atoms with E-state index in [2.05, 4.69) is 10.6 Å². The molecule has 0 aliphatic rings. The molecule has 2 aromatic carbocycles. The van der Waals surface area contributed by atoms with Gasteiger partial charge in [-0.1, -0.05) is 38.4 Å². The van der Waals surface area contributed by atoms with E-state index in [-0.39, 0.29) is 22.5 Å². The Morgan fingerprint density at radius 2 is 1.70 bits per heavy atom. The van der Waals surface area contributed by atoms with Gasteiger partial charge < -0.3 is 10.6 Å². The van der Waals surface area contributed by atoms with E-state index in [0.717, 1.165) is 10.6 Å². The van der Waals surface area contributed by atoms with Crippen LogP contribution in [0.2, 0.25) is 5.02 Å². The van der Waals surface area contributed by atoms with Crippen molar-refractivity contribution in [3.8, 4) is 0 Å². The van der Waals surface area contributed by atoms with Gasteiger partial charge >= 0.3 is 0 Å². The van der Waals surface area contributed by atoms with Crippen LogP contribution in [-0.4, -0.2) is 17.1 Å². The molecule has 4 nitrogen and oxygen atoms in total. The van der Waals surface area contributed by atoms with Gasteiger partial charge in [-0.3, -0.25) is 9.59 Å². The molecule has 0 aliphatic heterocycles. The first-order valence-corrected chi connectivity index (χ1v) is 10.0. The van der Waals surface area contributed by atoms with Crippen LogP contribution < -0.4 is 10.6 Å². The molecule has 27 heavy (non-hydrogen) atoms. The van der Waals surface area contributed by atoms with Crippen molar-refractivity contribution >= 4 is 46.6 Å². The number of hydrogen-bond donors (Lipinski definition) is 2. The summed E-state index contributed by atoms with van der Waals surface area (Å²) in [6.45, 7) is 7.94. The third kappa shape index (κ3) is 7.65. The van der Waals surface area contributed by atoms with Crippen molar-refractivity contribution in [1.29, 1.82) is 0 Å². The Kier molecular flexibility index (Phi) is 7.33. The van der Waals surface area contributed by atoms with Gasteiger partial charge in [0.15, 0.2) is 0 Å². The first-order chi connectivity index (χ1) is 12.6. The number of benzene rings is 2. The van der Waals surface area contributed by atoms with E-state index in [0.29, 0.717) is 17.1 Å². The lowest BCUT2D eigenvalue weighted by Crippen LogP contribution is -2.22. The molecule has 0 bridgehead atoms. The third-order valence-electron chi connectivity index (χ3n) is 3.60. The zero-order valence-corrected chi connectivity index (χ0v) is 17.6.